The van der Waals surface area contributed by atoms with Crippen molar-refractivity contribution in [1.29, 1.82) is 0 Å². The first-order valence-corrected chi connectivity index (χ1v) is 6.75. The Kier molecular flexibility index (Phi) is 4.34. The summed E-state index contributed by atoms with van der Waals surface area (Å²) in [5, 5.41) is 0.734. The Morgan fingerprint density at radius 2 is 2.29 bits per heavy atom. The number of anilines is 1. The first kappa shape index (κ1) is 12.3. The van der Waals surface area contributed by atoms with Crippen LogP contribution >= 0.6 is 23.4 Å². The van der Waals surface area contributed by atoms with Crippen LogP contribution in [0.15, 0.2) is 41.8 Å². The van der Waals surface area contributed by atoms with Crippen molar-refractivity contribution in [2.45, 2.75) is 17.9 Å². The molecule has 2 rings (SSSR count). The third-order valence-electron chi connectivity index (χ3n) is 2.33. The Labute approximate surface area is 110 Å². The smallest absolute Gasteiger partial charge is 0.0945 e. The zero-order valence-corrected chi connectivity index (χ0v) is 10.9. The van der Waals surface area contributed by atoms with Crippen LogP contribution in [0.5, 0.6) is 0 Å². The minimum atomic E-state index is 0.706. The van der Waals surface area contributed by atoms with E-state index in [0.717, 1.165) is 28.6 Å². The average Bonchev–Trinajstić information content (AvgIpc) is 2.79. The zero-order valence-electron chi connectivity index (χ0n) is 9.34. The van der Waals surface area contributed by atoms with Gasteiger partial charge in [0.25, 0.3) is 0 Å². The van der Waals surface area contributed by atoms with Gasteiger partial charge in [-0.1, -0.05) is 11.6 Å². The summed E-state index contributed by atoms with van der Waals surface area (Å²) in [6.45, 7) is 0.986. The van der Waals surface area contributed by atoms with E-state index < -0.39 is 0 Å². The highest BCUT2D eigenvalue weighted by Crippen LogP contribution is 2.29. The quantitative estimate of drug-likeness (QED) is 0.514. The zero-order chi connectivity index (χ0) is 12.1. The summed E-state index contributed by atoms with van der Waals surface area (Å²) < 4.78 is 2.07. The Hall–Kier alpha value is -1.13. The van der Waals surface area contributed by atoms with E-state index in [1.807, 2.05) is 24.7 Å². The van der Waals surface area contributed by atoms with Crippen molar-refractivity contribution in [2.75, 3.05) is 11.5 Å². The summed E-state index contributed by atoms with van der Waals surface area (Å²) in [5.41, 5.74) is 6.35. The molecule has 1 aromatic carbocycles. The Morgan fingerprint density at radius 3 is 3.00 bits per heavy atom. The number of hydrogen-bond acceptors (Lipinski definition) is 3. The van der Waals surface area contributed by atoms with Gasteiger partial charge in [-0.25, -0.2) is 4.98 Å². The van der Waals surface area contributed by atoms with Crippen LogP contribution < -0.4 is 5.73 Å². The number of thioether (sulfide) groups is 1. The Bertz CT molecular complexity index is 471. The number of rotatable bonds is 5. The van der Waals surface area contributed by atoms with Crippen molar-refractivity contribution in [3.63, 3.8) is 0 Å². The summed E-state index contributed by atoms with van der Waals surface area (Å²) in [7, 11) is 0. The molecule has 0 bridgehead atoms. The first-order valence-electron chi connectivity index (χ1n) is 5.39. The molecule has 0 amide bonds. The van der Waals surface area contributed by atoms with Crippen molar-refractivity contribution in [3.8, 4) is 0 Å². The minimum absolute atomic E-state index is 0.706. The second-order valence-corrected chi connectivity index (χ2v) is 5.24. The van der Waals surface area contributed by atoms with E-state index in [9.17, 15) is 0 Å². The van der Waals surface area contributed by atoms with Gasteiger partial charge in [-0.15, -0.1) is 11.8 Å². The number of imidazole rings is 1. The van der Waals surface area contributed by atoms with E-state index >= 15 is 0 Å². The standard InChI is InChI=1S/C12H14ClN3S/c13-11-8-10(14)2-3-12(11)17-7-1-5-16-6-4-15-9-16/h2-4,6,8-9H,1,5,7,14H2. The molecule has 0 unspecified atom stereocenters. The number of aryl methyl sites for hydroxylation is 1. The van der Waals surface area contributed by atoms with Crippen LogP contribution in [-0.2, 0) is 6.54 Å². The molecule has 0 saturated heterocycles. The number of halogens is 1. The van der Waals surface area contributed by atoms with Crippen molar-refractivity contribution < 1.29 is 0 Å². The van der Waals surface area contributed by atoms with Crippen LogP contribution in [0.1, 0.15) is 6.42 Å². The summed E-state index contributed by atoms with van der Waals surface area (Å²) in [6, 6.07) is 5.64. The molecule has 0 fully saturated rings. The molecular formula is C12H14ClN3S. The fourth-order valence-corrected chi connectivity index (χ4v) is 2.69. The summed E-state index contributed by atoms with van der Waals surface area (Å²) in [6.07, 6.45) is 6.69. The van der Waals surface area contributed by atoms with Gasteiger partial charge in [0.15, 0.2) is 0 Å². The number of hydrogen-bond donors (Lipinski definition) is 1. The monoisotopic (exact) mass is 267 g/mol. The van der Waals surface area contributed by atoms with Gasteiger partial charge in [0, 0.05) is 29.5 Å². The number of aromatic nitrogens is 2. The topological polar surface area (TPSA) is 43.8 Å². The summed E-state index contributed by atoms with van der Waals surface area (Å²) in [4.78, 5) is 5.09. The number of nitrogens with two attached hydrogens (primary N) is 1. The maximum atomic E-state index is 6.09. The fourth-order valence-electron chi connectivity index (χ4n) is 1.48. The lowest BCUT2D eigenvalue weighted by Crippen LogP contribution is -1.95. The third-order valence-corrected chi connectivity index (χ3v) is 3.92. The molecule has 17 heavy (non-hydrogen) atoms. The molecule has 0 saturated carbocycles. The highest BCUT2D eigenvalue weighted by atomic mass is 35.5. The van der Waals surface area contributed by atoms with E-state index in [0.29, 0.717) is 5.69 Å². The second kappa shape index (κ2) is 5.98. The third kappa shape index (κ3) is 3.68. The molecule has 90 valence electrons. The molecule has 5 heteroatoms. The van der Waals surface area contributed by atoms with Crippen LogP contribution in [0.25, 0.3) is 0 Å². The predicted molar refractivity (Wildman–Crippen MR) is 73.4 cm³/mol. The maximum absolute atomic E-state index is 6.09. The fraction of sp³-hybridized carbons (Fsp3) is 0.250. The normalized spacial score (nSPS) is 10.6. The molecule has 0 spiro atoms. The number of nitrogens with zero attached hydrogens (tertiary/aromatic N) is 2. The molecule has 0 aliphatic rings. The number of benzene rings is 1. The SMILES string of the molecule is Nc1ccc(SCCCn2ccnc2)c(Cl)c1. The largest absolute Gasteiger partial charge is 0.399 e. The van der Waals surface area contributed by atoms with E-state index in [2.05, 4.69) is 9.55 Å². The van der Waals surface area contributed by atoms with Gasteiger partial charge < -0.3 is 10.3 Å². The predicted octanol–water partition coefficient (Wildman–Crippen LogP) is 3.30. The lowest BCUT2D eigenvalue weighted by Gasteiger charge is -2.05. The summed E-state index contributed by atoms with van der Waals surface area (Å²) in [5.74, 6) is 1.03. The lowest BCUT2D eigenvalue weighted by atomic mass is 10.3. The maximum Gasteiger partial charge on any atom is 0.0945 e. The van der Waals surface area contributed by atoms with Gasteiger partial charge in [-0.05, 0) is 30.4 Å². The molecule has 3 nitrogen and oxygen atoms in total. The summed E-state index contributed by atoms with van der Waals surface area (Å²) >= 11 is 7.85. The molecule has 1 heterocycles. The molecule has 0 atom stereocenters. The van der Waals surface area contributed by atoms with Crippen LogP contribution in [-0.4, -0.2) is 15.3 Å². The van der Waals surface area contributed by atoms with E-state index in [-0.39, 0.29) is 0 Å². The van der Waals surface area contributed by atoms with Crippen molar-refractivity contribution >= 4 is 29.1 Å². The van der Waals surface area contributed by atoms with Crippen molar-refractivity contribution in [2.24, 2.45) is 0 Å². The van der Waals surface area contributed by atoms with E-state index in [4.69, 9.17) is 17.3 Å². The van der Waals surface area contributed by atoms with Crippen LogP contribution in [0.4, 0.5) is 5.69 Å². The lowest BCUT2D eigenvalue weighted by molar-refractivity contribution is 0.683. The van der Waals surface area contributed by atoms with Crippen LogP contribution in [0.2, 0.25) is 5.02 Å². The van der Waals surface area contributed by atoms with E-state index in [1.165, 1.54) is 0 Å². The molecule has 0 aliphatic heterocycles. The van der Waals surface area contributed by atoms with Gasteiger partial charge in [0.1, 0.15) is 0 Å². The first-order chi connectivity index (χ1) is 8.25. The van der Waals surface area contributed by atoms with Gasteiger partial charge >= 0.3 is 0 Å². The second-order valence-electron chi connectivity index (χ2n) is 3.69. The minimum Gasteiger partial charge on any atom is -0.399 e. The number of nitrogen functional groups attached to an aromatic ring is 1. The van der Waals surface area contributed by atoms with Gasteiger partial charge in [-0.2, -0.15) is 0 Å². The van der Waals surface area contributed by atoms with Gasteiger partial charge in [-0.3, -0.25) is 0 Å². The van der Waals surface area contributed by atoms with Gasteiger partial charge in [0.05, 0.1) is 11.3 Å². The van der Waals surface area contributed by atoms with Crippen LogP contribution in [0, 0.1) is 0 Å². The highest BCUT2D eigenvalue weighted by molar-refractivity contribution is 7.99. The van der Waals surface area contributed by atoms with Crippen molar-refractivity contribution in [1.82, 2.24) is 9.55 Å². The van der Waals surface area contributed by atoms with Gasteiger partial charge in [0.2, 0.25) is 0 Å². The Balaban J connectivity index is 1.78. The molecule has 2 aromatic rings. The Morgan fingerprint density at radius 1 is 1.41 bits per heavy atom. The molecule has 1 aromatic heterocycles. The molecule has 0 radical (unpaired) electrons. The highest BCUT2D eigenvalue weighted by Gasteiger charge is 2.01. The van der Waals surface area contributed by atoms with Crippen molar-refractivity contribution in [3.05, 3.63) is 41.9 Å². The van der Waals surface area contributed by atoms with E-state index in [1.54, 1.807) is 24.0 Å². The molecule has 2 N–H and O–H groups in total. The van der Waals surface area contributed by atoms with Crippen LogP contribution in [0.3, 0.4) is 0 Å². The average molecular weight is 268 g/mol. The molecular weight excluding hydrogens is 254 g/mol. The molecule has 0 aliphatic carbocycles.